The zero-order valence-electron chi connectivity index (χ0n) is 7.37. The van der Waals surface area contributed by atoms with Gasteiger partial charge in [0.2, 0.25) is 0 Å². The van der Waals surface area contributed by atoms with Crippen LogP contribution in [-0.2, 0) is 6.42 Å². The van der Waals surface area contributed by atoms with Crippen molar-refractivity contribution in [2.45, 2.75) is 18.2 Å². The molecular weight excluding hydrogens is 198 g/mol. The van der Waals surface area contributed by atoms with Crippen LogP contribution in [0.4, 0.5) is 5.69 Å². The maximum Gasteiger partial charge on any atom is 0.0586 e. The van der Waals surface area contributed by atoms with Gasteiger partial charge in [-0.1, -0.05) is 6.92 Å². The maximum atomic E-state index is 6.02. The van der Waals surface area contributed by atoms with Gasteiger partial charge in [-0.3, -0.25) is 0 Å². The van der Waals surface area contributed by atoms with Gasteiger partial charge in [0.15, 0.2) is 0 Å². The summed E-state index contributed by atoms with van der Waals surface area (Å²) < 4.78 is 1.17. The smallest absolute Gasteiger partial charge is 0.0586 e. The Bertz CT molecular complexity index is 445. The molecule has 13 heavy (non-hydrogen) atoms. The summed E-state index contributed by atoms with van der Waals surface area (Å²) in [6, 6.07) is 4.13. The highest BCUT2D eigenvalue weighted by Gasteiger charge is 2.07. The number of benzene rings is 1. The zero-order chi connectivity index (χ0) is 9.42. The molecule has 0 amide bonds. The number of fused-ring (bicyclic) bond motifs is 1. The average molecular weight is 209 g/mol. The van der Waals surface area contributed by atoms with E-state index in [9.17, 15) is 0 Å². The zero-order valence-corrected chi connectivity index (χ0v) is 9.08. The van der Waals surface area contributed by atoms with Gasteiger partial charge in [-0.2, -0.15) is 0 Å². The Hall–Kier alpha value is -0.670. The number of hydrogen-bond donors (Lipinski definition) is 2. The van der Waals surface area contributed by atoms with Crippen molar-refractivity contribution in [3.05, 3.63) is 23.1 Å². The Morgan fingerprint density at radius 3 is 3.00 bits per heavy atom. The van der Waals surface area contributed by atoms with Crippen molar-refractivity contribution < 1.29 is 0 Å². The third kappa shape index (κ3) is 1.32. The lowest BCUT2D eigenvalue weighted by atomic mass is 10.1. The molecule has 0 aliphatic heterocycles. The number of hydrogen-bond acceptors (Lipinski definition) is 3. The lowest BCUT2D eigenvalue weighted by Crippen LogP contribution is -1.93. The SMILES string of the molecule is CCc1cc(S)c2ccsc2c1N. The molecule has 1 aromatic heterocycles. The maximum absolute atomic E-state index is 6.02. The molecule has 1 aromatic carbocycles. The van der Waals surface area contributed by atoms with Gasteiger partial charge in [-0.25, -0.2) is 0 Å². The minimum Gasteiger partial charge on any atom is -0.397 e. The highest BCUT2D eigenvalue weighted by Crippen LogP contribution is 2.34. The lowest BCUT2D eigenvalue weighted by molar-refractivity contribution is 1.14. The molecule has 0 saturated carbocycles. The van der Waals surface area contributed by atoms with Gasteiger partial charge in [0.25, 0.3) is 0 Å². The van der Waals surface area contributed by atoms with Gasteiger partial charge in [-0.15, -0.1) is 24.0 Å². The number of thiophene rings is 1. The molecule has 0 spiro atoms. The van der Waals surface area contributed by atoms with E-state index in [1.165, 1.54) is 15.6 Å². The molecule has 0 atom stereocenters. The number of anilines is 1. The van der Waals surface area contributed by atoms with E-state index >= 15 is 0 Å². The van der Waals surface area contributed by atoms with Gasteiger partial charge in [0, 0.05) is 10.3 Å². The van der Waals surface area contributed by atoms with E-state index < -0.39 is 0 Å². The Morgan fingerprint density at radius 2 is 2.31 bits per heavy atom. The fraction of sp³-hybridized carbons (Fsp3) is 0.200. The largest absolute Gasteiger partial charge is 0.397 e. The fourth-order valence-electron chi connectivity index (χ4n) is 1.48. The normalized spacial score (nSPS) is 10.9. The molecule has 2 aromatic rings. The quantitative estimate of drug-likeness (QED) is 0.547. The van der Waals surface area contributed by atoms with Crippen molar-refractivity contribution in [2.24, 2.45) is 0 Å². The van der Waals surface area contributed by atoms with Gasteiger partial charge in [0.1, 0.15) is 0 Å². The van der Waals surface area contributed by atoms with Crippen molar-refractivity contribution >= 4 is 39.7 Å². The standard InChI is InChI=1S/C10H11NS2/c1-2-6-5-8(12)7-3-4-13-10(7)9(6)11/h3-5,12H,2,11H2,1H3. The highest BCUT2D eigenvalue weighted by atomic mass is 32.1. The second kappa shape index (κ2) is 3.24. The predicted molar refractivity (Wildman–Crippen MR) is 62.9 cm³/mol. The first kappa shape index (κ1) is 8.91. The van der Waals surface area contributed by atoms with Crippen LogP contribution in [0.1, 0.15) is 12.5 Å². The fourth-order valence-corrected chi connectivity index (χ4v) is 2.80. The number of aryl methyl sites for hydroxylation is 1. The average Bonchev–Trinajstić information content (AvgIpc) is 2.60. The molecule has 0 aliphatic rings. The van der Waals surface area contributed by atoms with Crippen molar-refractivity contribution in [2.75, 3.05) is 5.73 Å². The van der Waals surface area contributed by atoms with Crippen molar-refractivity contribution in [1.82, 2.24) is 0 Å². The van der Waals surface area contributed by atoms with Crippen LogP contribution in [0, 0.1) is 0 Å². The summed E-state index contributed by atoms with van der Waals surface area (Å²) in [5.74, 6) is 0. The molecule has 1 nitrogen and oxygen atoms in total. The summed E-state index contributed by atoms with van der Waals surface area (Å²) in [5, 5.41) is 3.23. The van der Waals surface area contributed by atoms with Gasteiger partial charge in [-0.05, 0) is 29.5 Å². The molecular formula is C10H11NS2. The molecule has 0 aliphatic carbocycles. The van der Waals surface area contributed by atoms with E-state index in [2.05, 4.69) is 37.1 Å². The summed E-state index contributed by atoms with van der Waals surface area (Å²) in [5.41, 5.74) is 8.14. The molecule has 2 N–H and O–H groups in total. The Labute approximate surface area is 87.0 Å². The summed E-state index contributed by atoms with van der Waals surface area (Å²) in [6.07, 6.45) is 0.966. The molecule has 1 heterocycles. The van der Waals surface area contributed by atoms with E-state index in [4.69, 9.17) is 5.73 Å². The van der Waals surface area contributed by atoms with Gasteiger partial charge >= 0.3 is 0 Å². The van der Waals surface area contributed by atoms with Crippen molar-refractivity contribution in [1.29, 1.82) is 0 Å². The van der Waals surface area contributed by atoms with E-state index in [0.29, 0.717) is 0 Å². The van der Waals surface area contributed by atoms with Crippen molar-refractivity contribution in [3.63, 3.8) is 0 Å². The second-order valence-electron chi connectivity index (χ2n) is 2.99. The van der Waals surface area contributed by atoms with Crippen LogP contribution in [0.25, 0.3) is 10.1 Å². The number of nitrogens with two attached hydrogens (primary N) is 1. The van der Waals surface area contributed by atoms with Gasteiger partial charge in [0.05, 0.1) is 10.4 Å². The molecule has 0 unspecified atom stereocenters. The van der Waals surface area contributed by atoms with Crippen LogP contribution in [0.2, 0.25) is 0 Å². The molecule has 0 fully saturated rings. The van der Waals surface area contributed by atoms with E-state index in [-0.39, 0.29) is 0 Å². The van der Waals surface area contributed by atoms with Crippen LogP contribution in [0.3, 0.4) is 0 Å². The first-order valence-corrected chi connectivity index (χ1v) is 5.54. The molecule has 3 heteroatoms. The van der Waals surface area contributed by atoms with Crippen LogP contribution in [0.15, 0.2) is 22.4 Å². The van der Waals surface area contributed by atoms with E-state index in [0.717, 1.165) is 17.0 Å². The number of rotatable bonds is 1. The Balaban J connectivity index is 2.85. The summed E-state index contributed by atoms with van der Waals surface area (Å²) in [6.45, 7) is 2.11. The molecule has 0 saturated heterocycles. The van der Waals surface area contributed by atoms with E-state index in [1.54, 1.807) is 11.3 Å². The monoisotopic (exact) mass is 209 g/mol. The number of thiol groups is 1. The first-order chi connectivity index (χ1) is 6.24. The molecule has 68 valence electrons. The third-order valence-corrected chi connectivity index (χ3v) is 3.54. The highest BCUT2D eigenvalue weighted by molar-refractivity contribution is 7.80. The molecule has 2 rings (SSSR count). The third-order valence-electron chi connectivity index (χ3n) is 2.22. The van der Waals surface area contributed by atoms with Crippen LogP contribution in [-0.4, -0.2) is 0 Å². The summed E-state index contributed by atoms with van der Waals surface area (Å²) in [7, 11) is 0. The molecule has 0 radical (unpaired) electrons. The number of nitrogen functional groups attached to an aromatic ring is 1. The summed E-state index contributed by atoms with van der Waals surface area (Å²) >= 11 is 6.12. The Morgan fingerprint density at radius 1 is 1.54 bits per heavy atom. The Kier molecular flexibility index (Phi) is 2.22. The lowest BCUT2D eigenvalue weighted by Gasteiger charge is -2.05. The second-order valence-corrected chi connectivity index (χ2v) is 4.38. The van der Waals surface area contributed by atoms with Crippen LogP contribution < -0.4 is 5.73 Å². The first-order valence-electron chi connectivity index (χ1n) is 4.21. The minimum absolute atomic E-state index is 0.922. The topological polar surface area (TPSA) is 26.0 Å². The van der Waals surface area contributed by atoms with Crippen LogP contribution >= 0.6 is 24.0 Å². The van der Waals surface area contributed by atoms with E-state index in [1.807, 2.05) is 0 Å². The minimum atomic E-state index is 0.922. The van der Waals surface area contributed by atoms with Crippen molar-refractivity contribution in [3.8, 4) is 0 Å². The van der Waals surface area contributed by atoms with Crippen LogP contribution in [0.5, 0.6) is 0 Å². The summed E-state index contributed by atoms with van der Waals surface area (Å²) in [4.78, 5) is 1.03. The molecule has 0 bridgehead atoms. The predicted octanol–water partition coefficient (Wildman–Crippen LogP) is 3.33. The van der Waals surface area contributed by atoms with Gasteiger partial charge < -0.3 is 5.73 Å².